The van der Waals surface area contributed by atoms with E-state index >= 15 is 0 Å². The van der Waals surface area contributed by atoms with Crippen LogP contribution in [0.5, 0.6) is 0 Å². The fraction of sp³-hybridized carbons (Fsp3) is 0.222. The molecule has 0 heterocycles. The third-order valence-electron chi connectivity index (χ3n) is 4.00. The van der Waals surface area contributed by atoms with E-state index in [-0.39, 0.29) is 6.04 Å². The standard InChI is InChI=1S/C18H19NO2S/c1-12-5-8-16(9-6-12)22(20,21)19-18-14(3)11-15-7-4-13(2)10-17(15)18/h4-11,18-19H,1-3H3. The van der Waals surface area contributed by atoms with Crippen molar-refractivity contribution in [3.63, 3.8) is 0 Å². The third kappa shape index (κ3) is 2.72. The van der Waals surface area contributed by atoms with Gasteiger partial charge in [0.25, 0.3) is 0 Å². The molecule has 1 N–H and O–H groups in total. The maximum atomic E-state index is 12.6. The van der Waals surface area contributed by atoms with Gasteiger partial charge in [-0.2, -0.15) is 4.72 Å². The number of fused-ring (bicyclic) bond motifs is 1. The molecule has 4 heteroatoms. The van der Waals surface area contributed by atoms with Gasteiger partial charge in [0.15, 0.2) is 0 Å². The van der Waals surface area contributed by atoms with Crippen LogP contribution in [-0.2, 0) is 10.0 Å². The minimum absolute atomic E-state index is 0.291. The molecule has 0 spiro atoms. The van der Waals surface area contributed by atoms with Crippen LogP contribution in [0.2, 0.25) is 0 Å². The van der Waals surface area contributed by atoms with Crippen LogP contribution in [0.3, 0.4) is 0 Å². The Morgan fingerprint density at radius 2 is 1.55 bits per heavy atom. The molecule has 0 amide bonds. The average molecular weight is 313 g/mol. The Morgan fingerprint density at radius 3 is 2.23 bits per heavy atom. The first-order valence-electron chi connectivity index (χ1n) is 7.24. The van der Waals surface area contributed by atoms with E-state index in [1.54, 1.807) is 12.1 Å². The second-order valence-electron chi connectivity index (χ2n) is 5.89. The van der Waals surface area contributed by atoms with Crippen molar-refractivity contribution in [3.8, 4) is 0 Å². The quantitative estimate of drug-likeness (QED) is 0.938. The molecule has 0 saturated heterocycles. The van der Waals surface area contributed by atoms with E-state index in [2.05, 4.69) is 4.72 Å². The Morgan fingerprint density at radius 1 is 0.909 bits per heavy atom. The van der Waals surface area contributed by atoms with Gasteiger partial charge in [0.05, 0.1) is 10.9 Å². The Hall–Kier alpha value is -1.91. The summed E-state index contributed by atoms with van der Waals surface area (Å²) in [6, 6.07) is 12.7. The van der Waals surface area contributed by atoms with Gasteiger partial charge in [-0.25, -0.2) is 8.42 Å². The number of sulfonamides is 1. The Labute approximate surface area is 131 Å². The molecule has 1 unspecified atom stereocenters. The van der Waals surface area contributed by atoms with Crippen molar-refractivity contribution in [1.82, 2.24) is 4.72 Å². The lowest BCUT2D eigenvalue weighted by atomic mass is 10.0. The molecule has 2 aromatic rings. The lowest BCUT2D eigenvalue weighted by Gasteiger charge is -2.17. The zero-order valence-electron chi connectivity index (χ0n) is 12.9. The van der Waals surface area contributed by atoms with Crippen LogP contribution in [0, 0.1) is 13.8 Å². The summed E-state index contributed by atoms with van der Waals surface area (Å²) >= 11 is 0. The van der Waals surface area contributed by atoms with Crippen LogP contribution in [0.25, 0.3) is 6.08 Å². The maximum Gasteiger partial charge on any atom is 0.241 e. The van der Waals surface area contributed by atoms with Gasteiger partial charge >= 0.3 is 0 Å². The second kappa shape index (κ2) is 5.38. The smallest absolute Gasteiger partial charge is 0.207 e. The van der Waals surface area contributed by atoms with Crippen molar-refractivity contribution >= 4 is 16.1 Å². The van der Waals surface area contributed by atoms with Crippen LogP contribution < -0.4 is 4.72 Å². The van der Waals surface area contributed by atoms with E-state index in [1.165, 1.54) is 0 Å². The minimum atomic E-state index is -3.54. The van der Waals surface area contributed by atoms with Crippen LogP contribution in [0.1, 0.15) is 35.2 Å². The molecular weight excluding hydrogens is 294 g/mol. The van der Waals surface area contributed by atoms with Crippen LogP contribution in [-0.4, -0.2) is 8.42 Å². The highest BCUT2D eigenvalue weighted by atomic mass is 32.2. The highest BCUT2D eigenvalue weighted by Crippen LogP contribution is 2.35. The fourth-order valence-electron chi connectivity index (χ4n) is 2.75. The molecule has 1 aliphatic carbocycles. The SMILES string of the molecule is CC1=Cc2ccc(C)cc2C1NS(=O)(=O)c1ccc(C)cc1. The van der Waals surface area contributed by atoms with Crippen molar-refractivity contribution in [2.75, 3.05) is 0 Å². The van der Waals surface area contributed by atoms with Crippen molar-refractivity contribution in [2.45, 2.75) is 31.7 Å². The van der Waals surface area contributed by atoms with Gasteiger partial charge in [0, 0.05) is 0 Å². The van der Waals surface area contributed by atoms with Gasteiger partial charge in [-0.1, -0.05) is 53.1 Å². The molecule has 0 saturated carbocycles. The highest BCUT2D eigenvalue weighted by Gasteiger charge is 2.27. The van der Waals surface area contributed by atoms with Crippen molar-refractivity contribution in [1.29, 1.82) is 0 Å². The topological polar surface area (TPSA) is 46.2 Å². The first-order chi connectivity index (χ1) is 10.4. The van der Waals surface area contributed by atoms with E-state index in [1.807, 2.05) is 57.2 Å². The molecule has 22 heavy (non-hydrogen) atoms. The van der Waals surface area contributed by atoms with Gasteiger partial charge in [-0.15, -0.1) is 0 Å². The van der Waals surface area contributed by atoms with Crippen LogP contribution in [0.15, 0.2) is 52.9 Å². The molecule has 0 aliphatic heterocycles. The zero-order chi connectivity index (χ0) is 15.9. The molecular formula is C18H19NO2S. The molecule has 114 valence electrons. The third-order valence-corrected chi connectivity index (χ3v) is 5.43. The molecule has 0 radical (unpaired) electrons. The van der Waals surface area contributed by atoms with E-state index < -0.39 is 10.0 Å². The summed E-state index contributed by atoms with van der Waals surface area (Å²) in [7, 11) is -3.54. The van der Waals surface area contributed by atoms with E-state index in [9.17, 15) is 8.42 Å². The second-order valence-corrected chi connectivity index (χ2v) is 7.60. The maximum absolute atomic E-state index is 12.6. The van der Waals surface area contributed by atoms with Crippen LogP contribution in [0.4, 0.5) is 0 Å². The summed E-state index contributed by atoms with van der Waals surface area (Å²) in [4.78, 5) is 0.298. The van der Waals surface area contributed by atoms with Gasteiger partial charge in [0.1, 0.15) is 0 Å². The van der Waals surface area contributed by atoms with Gasteiger partial charge in [0.2, 0.25) is 10.0 Å². The molecule has 1 aliphatic rings. The molecule has 0 bridgehead atoms. The van der Waals surface area contributed by atoms with E-state index in [0.29, 0.717) is 4.90 Å². The molecule has 0 fully saturated rings. The molecule has 3 nitrogen and oxygen atoms in total. The summed E-state index contributed by atoms with van der Waals surface area (Å²) < 4.78 is 28.0. The van der Waals surface area contributed by atoms with Gasteiger partial charge in [-0.3, -0.25) is 0 Å². The first kappa shape index (κ1) is 15.0. The molecule has 2 aromatic carbocycles. The van der Waals surface area contributed by atoms with E-state index in [4.69, 9.17) is 0 Å². The van der Waals surface area contributed by atoms with Crippen molar-refractivity contribution < 1.29 is 8.42 Å². The molecule has 1 atom stereocenters. The minimum Gasteiger partial charge on any atom is -0.207 e. The first-order valence-corrected chi connectivity index (χ1v) is 8.73. The summed E-state index contributed by atoms with van der Waals surface area (Å²) in [5.74, 6) is 0. The average Bonchev–Trinajstić information content (AvgIpc) is 2.75. The fourth-order valence-corrected chi connectivity index (χ4v) is 4.00. The summed E-state index contributed by atoms with van der Waals surface area (Å²) in [5.41, 5.74) is 5.28. The number of benzene rings is 2. The molecule has 3 rings (SSSR count). The largest absolute Gasteiger partial charge is 0.241 e. The number of aryl methyl sites for hydroxylation is 2. The van der Waals surface area contributed by atoms with E-state index in [0.717, 1.165) is 27.8 Å². The monoisotopic (exact) mass is 313 g/mol. The Bertz CT molecular complexity index is 849. The zero-order valence-corrected chi connectivity index (χ0v) is 13.7. The van der Waals surface area contributed by atoms with Gasteiger partial charge in [-0.05, 0) is 44.0 Å². The number of rotatable bonds is 3. The summed E-state index contributed by atoms with van der Waals surface area (Å²) in [6.45, 7) is 5.91. The Kier molecular flexibility index (Phi) is 3.67. The predicted molar refractivity (Wildman–Crippen MR) is 89.1 cm³/mol. The van der Waals surface area contributed by atoms with Crippen molar-refractivity contribution in [3.05, 3.63) is 70.3 Å². The Balaban J connectivity index is 1.95. The molecule has 0 aromatic heterocycles. The lowest BCUT2D eigenvalue weighted by molar-refractivity contribution is 0.572. The number of hydrogen-bond acceptors (Lipinski definition) is 2. The predicted octanol–water partition coefficient (Wildman–Crippen LogP) is 3.74. The number of hydrogen-bond donors (Lipinski definition) is 1. The summed E-state index contributed by atoms with van der Waals surface area (Å²) in [5, 5.41) is 0. The van der Waals surface area contributed by atoms with Crippen LogP contribution >= 0.6 is 0 Å². The summed E-state index contributed by atoms with van der Waals surface area (Å²) in [6.07, 6.45) is 2.04. The normalized spacial score (nSPS) is 17.2. The van der Waals surface area contributed by atoms with Crippen molar-refractivity contribution in [2.24, 2.45) is 0 Å². The van der Waals surface area contributed by atoms with Gasteiger partial charge < -0.3 is 0 Å². The highest BCUT2D eigenvalue weighted by molar-refractivity contribution is 7.89. The number of nitrogens with one attached hydrogen (secondary N) is 1. The lowest BCUT2D eigenvalue weighted by Crippen LogP contribution is -2.28.